The van der Waals surface area contributed by atoms with E-state index < -0.39 is 0 Å². The highest BCUT2D eigenvalue weighted by Gasteiger charge is 2.02. The number of hydrogen-bond donors (Lipinski definition) is 2. The van der Waals surface area contributed by atoms with Gasteiger partial charge in [0.15, 0.2) is 5.13 Å². The Hall–Kier alpha value is -2.14. The highest BCUT2D eigenvalue weighted by atomic mass is 32.1. The SMILES string of the molecule is Cc1cccc(/C=C/NC(=O)Nc2nc(C)cs2)c1. The average Bonchev–Trinajstić information content (AvgIpc) is 2.75. The number of thiazole rings is 1. The first kappa shape index (κ1) is 13.3. The molecule has 0 saturated heterocycles. The molecule has 0 bridgehead atoms. The lowest BCUT2D eigenvalue weighted by Gasteiger charge is -2.00. The van der Waals surface area contributed by atoms with Crippen LogP contribution in [0.1, 0.15) is 16.8 Å². The monoisotopic (exact) mass is 273 g/mol. The molecule has 2 aromatic rings. The van der Waals surface area contributed by atoms with Crippen molar-refractivity contribution in [1.82, 2.24) is 10.3 Å². The van der Waals surface area contributed by atoms with E-state index in [0.717, 1.165) is 11.3 Å². The summed E-state index contributed by atoms with van der Waals surface area (Å²) in [5.74, 6) is 0. The molecule has 1 aromatic heterocycles. The molecule has 0 spiro atoms. The highest BCUT2D eigenvalue weighted by Crippen LogP contribution is 2.13. The minimum Gasteiger partial charge on any atom is -0.314 e. The number of anilines is 1. The van der Waals surface area contributed by atoms with Gasteiger partial charge in [-0.15, -0.1) is 11.3 Å². The van der Waals surface area contributed by atoms with Crippen LogP contribution in [-0.2, 0) is 0 Å². The molecule has 0 fully saturated rings. The number of urea groups is 1. The molecule has 1 heterocycles. The van der Waals surface area contributed by atoms with E-state index in [1.807, 2.05) is 49.6 Å². The van der Waals surface area contributed by atoms with Crippen molar-refractivity contribution in [3.63, 3.8) is 0 Å². The summed E-state index contributed by atoms with van der Waals surface area (Å²) >= 11 is 1.40. The van der Waals surface area contributed by atoms with Crippen LogP contribution >= 0.6 is 11.3 Å². The predicted molar refractivity (Wildman–Crippen MR) is 79.2 cm³/mol. The normalized spacial score (nSPS) is 10.6. The zero-order valence-corrected chi connectivity index (χ0v) is 11.6. The van der Waals surface area contributed by atoms with Gasteiger partial charge < -0.3 is 5.32 Å². The third-order valence-corrected chi connectivity index (χ3v) is 3.25. The fraction of sp³-hybridized carbons (Fsp3) is 0.143. The fourth-order valence-electron chi connectivity index (χ4n) is 1.53. The zero-order valence-electron chi connectivity index (χ0n) is 10.8. The maximum absolute atomic E-state index is 11.6. The van der Waals surface area contributed by atoms with Gasteiger partial charge in [-0.3, -0.25) is 5.32 Å². The van der Waals surface area contributed by atoms with Crippen LogP contribution in [0.2, 0.25) is 0 Å². The molecule has 0 aliphatic carbocycles. The molecule has 1 aromatic carbocycles. The molecule has 2 N–H and O–H groups in total. The van der Waals surface area contributed by atoms with Crippen LogP contribution in [0.5, 0.6) is 0 Å². The Kier molecular flexibility index (Phi) is 4.30. The number of aromatic nitrogens is 1. The first-order chi connectivity index (χ1) is 9.13. The number of hydrogen-bond acceptors (Lipinski definition) is 3. The van der Waals surface area contributed by atoms with Gasteiger partial charge in [-0.25, -0.2) is 9.78 Å². The Morgan fingerprint density at radius 3 is 2.89 bits per heavy atom. The molecule has 98 valence electrons. The van der Waals surface area contributed by atoms with Gasteiger partial charge in [-0.2, -0.15) is 0 Å². The predicted octanol–water partition coefficient (Wildman–Crippen LogP) is 3.55. The lowest BCUT2D eigenvalue weighted by molar-refractivity contribution is 0.255. The van der Waals surface area contributed by atoms with Gasteiger partial charge in [-0.05, 0) is 25.5 Å². The average molecular weight is 273 g/mol. The van der Waals surface area contributed by atoms with Crippen LogP contribution in [0.4, 0.5) is 9.93 Å². The van der Waals surface area contributed by atoms with Crippen molar-refractivity contribution in [1.29, 1.82) is 0 Å². The quantitative estimate of drug-likeness (QED) is 0.898. The molecule has 2 rings (SSSR count). The minimum absolute atomic E-state index is 0.293. The molecule has 0 atom stereocenters. The molecule has 0 unspecified atom stereocenters. The van der Waals surface area contributed by atoms with Crippen LogP contribution < -0.4 is 10.6 Å². The molecule has 0 saturated carbocycles. The number of carbonyl (C=O) groups excluding carboxylic acids is 1. The molecule has 19 heavy (non-hydrogen) atoms. The maximum atomic E-state index is 11.6. The number of rotatable bonds is 3. The Bertz CT molecular complexity index is 604. The summed E-state index contributed by atoms with van der Waals surface area (Å²) in [5, 5.41) is 7.79. The lowest BCUT2D eigenvalue weighted by atomic mass is 10.1. The summed E-state index contributed by atoms with van der Waals surface area (Å²) in [6, 6.07) is 7.74. The standard InChI is InChI=1S/C14H15N3OS/c1-10-4-3-5-12(8-10)6-7-15-13(18)17-14-16-11(2)9-19-14/h3-9H,1-2H3,(H2,15,16,17,18)/b7-6+. The second-order valence-electron chi connectivity index (χ2n) is 4.14. The largest absolute Gasteiger partial charge is 0.325 e. The Morgan fingerprint density at radius 1 is 1.37 bits per heavy atom. The van der Waals surface area contributed by atoms with Crippen molar-refractivity contribution < 1.29 is 4.79 Å². The Morgan fingerprint density at radius 2 is 2.21 bits per heavy atom. The van der Waals surface area contributed by atoms with Crippen molar-refractivity contribution >= 4 is 28.6 Å². The molecule has 0 aliphatic rings. The third-order valence-electron chi connectivity index (χ3n) is 2.37. The van der Waals surface area contributed by atoms with Gasteiger partial charge in [0.1, 0.15) is 0 Å². The fourth-order valence-corrected chi connectivity index (χ4v) is 2.22. The number of carbonyl (C=O) groups is 1. The van der Waals surface area contributed by atoms with Gasteiger partial charge >= 0.3 is 6.03 Å². The number of benzene rings is 1. The van der Waals surface area contributed by atoms with Crippen LogP contribution in [0, 0.1) is 13.8 Å². The summed E-state index contributed by atoms with van der Waals surface area (Å²) in [4.78, 5) is 15.7. The summed E-state index contributed by atoms with van der Waals surface area (Å²) in [6.45, 7) is 3.92. The van der Waals surface area contributed by atoms with Gasteiger partial charge in [0.25, 0.3) is 0 Å². The second-order valence-corrected chi connectivity index (χ2v) is 5.00. The molecule has 4 nitrogen and oxygen atoms in total. The topological polar surface area (TPSA) is 54.0 Å². The van der Waals surface area contributed by atoms with Crippen molar-refractivity contribution in [2.45, 2.75) is 13.8 Å². The summed E-state index contributed by atoms with van der Waals surface area (Å²) in [7, 11) is 0. The third kappa shape index (κ3) is 4.22. The first-order valence-corrected chi connectivity index (χ1v) is 6.74. The van der Waals surface area contributed by atoms with Crippen LogP contribution in [0.25, 0.3) is 6.08 Å². The molecule has 0 aliphatic heterocycles. The number of nitrogens with zero attached hydrogens (tertiary/aromatic N) is 1. The van der Waals surface area contributed by atoms with Gasteiger partial charge in [0.2, 0.25) is 0 Å². The minimum atomic E-state index is -0.293. The van der Waals surface area contributed by atoms with Crippen LogP contribution in [0.3, 0.4) is 0 Å². The lowest BCUT2D eigenvalue weighted by Crippen LogP contribution is -2.23. The molecular weight excluding hydrogens is 258 g/mol. The van der Waals surface area contributed by atoms with Crippen molar-refractivity contribution in [3.8, 4) is 0 Å². The van der Waals surface area contributed by atoms with Gasteiger partial charge in [0, 0.05) is 11.6 Å². The van der Waals surface area contributed by atoms with Gasteiger partial charge in [-0.1, -0.05) is 29.8 Å². The summed E-state index contributed by atoms with van der Waals surface area (Å²) in [6.07, 6.45) is 3.46. The molecular formula is C14H15N3OS. The van der Waals surface area contributed by atoms with Crippen molar-refractivity contribution in [3.05, 3.63) is 52.7 Å². The van der Waals surface area contributed by atoms with E-state index in [4.69, 9.17) is 0 Å². The van der Waals surface area contributed by atoms with E-state index in [2.05, 4.69) is 15.6 Å². The Balaban J connectivity index is 1.86. The molecule has 2 amide bonds. The molecule has 5 heteroatoms. The van der Waals surface area contributed by atoms with E-state index in [1.54, 1.807) is 6.20 Å². The van der Waals surface area contributed by atoms with Crippen LogP contribution in [-0.4, -0.2) is 11.0 Å². The van der Waals surface area contributed by atoms with E-state index in [-0.39, 0.29) is 6.03 Å². The highest BCUT2D eigenvalue weighted by molar-refractivity contribution is 7.13. The Labute approximate surface area is 116 Å². The van der Waals surface area contributed by atoms with Crippen molar-refractivity contribution in [2.24, 2.45) is 0 Å². The van der Waals surface area contributed by atoms with E-state index in [0.29, 0.717) is 5.13 Å². The van der Waals surface area contributed by atoms with E-state index in [1.165, 1.54) is 16.9 Å². The van der Waals surface area contributed by atoms with E-state index in [9.17, 15) is 4.79 Å². The van der Waals surface area contributed by atoms with E-state index >= 15 is 0 Å². The van der Waals surface area contributed by atoms with Crippen LogP contribution in [0.15, 0.2) is 35.8 Å². The maximum Gasteiger partial charge on any atom is 0.325 e. The van der Waals surface area contributed by atoms with Crippen molar-refractivity contribution in [2.75, 3.05) is 5.32 Å². The zero-order chi connectivity index (χ0) is 13.7. The van der Waals surface area contributed by atoms with Gasteiger partial charge in [0.05, 0.1) is 5.69 Å². The number of aryl methyl sites for hydroxylation is 2. The summed E-state index contributed by atoms with van der Waals surface area (Å²) < 4.78 is 0. The first-order valence-electron chi connectivity index (χ1n) is 5.86. The summed E-state index contributed by atoms with van der Waals surface area (Å²) in [5.41, 5.74) is 3.13. The number of nitrogens with one attached hydrogen (secondary N) is 2. The smallest absolute Gasteiger partial charge is 0.314 e. The molecule has 0 radical (unpaired) electrons. The second kappa shape index (κ2) is 6.15. The number of amides is 2.